The van der Waals surface area contributed by atoms with Gasteiger partial charge < -0.3 is 4.74 Å². The summed E-state index contributed by atoms with van der Waals surface area (Å²) in [6.07, 6.45) is 6.51. The van der Waals surface area contributed by atoms with Crippen LogP contribution in [0.4, 0.5) is 0 Å². The van der Waals surface area contributed by atoms with Gasteiger partial charge in [-0.05, 0) is 24.5 Å². The molecule has 1 heteroatoms. The Kier molecular flexibility index (Phi) is 4.39. The maximum atomic E-state index is 5.93. The van der Waals surface area contributed by atoms with Crippen LogP contribution in [-0.2, 0) is 16.8 Å². The van der Waals surface area contributed by atoms with Crippen molar-refractivity contribution in [3.05, 3.63) is 71.8 Å². The van der Waals surface area contributed by atoms with Crippen LogP contribution in [0.5, 0.6) is 0 Å². The fourth-order valence-electron chi connectivity index (χ4n) is 1.98. The number of hydrogen-bond donors (Lipinski definition) is 0. The second-order valence-corrected chi connectivity index (χ2v) is 4.63. The average molecular weight is 250 g/mol. The van der Waals surface area contributed by atoms with E-state index in [1.807, 2.05) is 55.5 Å². The predicted molar refractivity (Wildman–Crippen MR) is 78.7 cm³/mol. The highest BCUT2D eigenvalue weighted by Crippen LogP contribution is 2.24. The zero-order valence-corrected chi connectivity index (χ0v) is 11.2. The zero-order valence-electron chi connectivity index (χ0n) is 11.2. The summed E-state index contributed by atoms with van der Waals surface area (Å²) >= 11 is 0. The summed E-state index contributed by atoms with van der Waals surface area (Å²) in [6.45, 7) is 2.55. The maximum Gasteiger partial charge on any atom is 0.151 e. The van der Waals surface area contributed by atoms with Crippen molar-refractivity contribution in [1.29, 1.82) is 0 Å². The Labute approximate surface area is 115 Å². The molecule has 0 aliphatic rings. The number of hydrogen-bond acceptors (Lipinski definition) is 1. The molecule has 0 aliphatic carbocycles. The van der Waals surface area contributed by atoms with Crippen molar-refractivity contribution in [2.75, 3.05) is 6.61 Å². The first kappa shape index (κ1) is 13.4. The molecule has 19 heavy (non-hydrogen) atoms. The van der Waals surface area contributed by atoms with E-state index in [4.69, 9.17) is 11.2 Å². The summed E-state index contributed by atoms with van der Waals surface area (Å²) in [5, 5.41) is 0. The van der Waals surface area contributed by atoms with Crippen molar-refractivity contribution in [2.45, 2.75) is 18.9 Å². The maximum absolute atomic E-state index is 5.93. The average Bonchev–Trinajstić information content (AvgIpc) is 2.49. The fourth-order valence-corrected chi connectivity index (χ4v) is 1.98. The van der Waals surface area contributed by atoms with E-state index in [-0.39, 0.29) is 0 Å². The van der Waals surface area contributed by atoms with Crippen LogP contribution >= 0.6 is 0 Å². The minimum atomic E-state index is -0.657. The molecule has 2 rings (SSSR count). The highest BCUT2D eigenvalue weighted by atomic mass is 16.5. The second kappa shape index (κ2) is 6.22. The SMILES string of the molecule is C#CC(C)(OCCc1ccccc1)c1ccccc1. The largest absolute Gasteiger partial charge is 0.358 e. The van der Waals surface area contributed by atoms with Gasteiger partial charge in [0.1, 0.15) is 0 Å². The second-order valence-electron chi connectivity index (χ2n) is 4.63. The molecule has 0 saturated heterocycles. The van der Waals surface area contributed by atoms with Gasteiger partial charge in [-0.3, -0.25) is 0 Å². The molecule has 1 unspecified atom stereocenters. The number of benzene rings is 2. The molecule has 1 atom stereocenters. The molecule has 0 spiro atoms. The molecular weight excluding hydrogens is 232 g/mol. The molecule has 0 saturated carbocycles. The molecular formula is C18H18O. The molecule has 96 valence electrons. The number of rotatable bonds is 5. The minimum absolute atomic E-state index is 0.611. The van der Waals surface area contributed by atoms with Crippen LogP contribution in [0.2, 0.25) is 0 Å². The van der Waals surface area contributed by atoms with E-state index in [9.17, 15) is 0 Å². The Bertz CT molecular complexity index is 539. The van der Waals surface area contributed by atoms with Crippen molar-refractivity contribution in [1.82, 2.24) is 0 Å². The minimum Gasteiger partial charge on any atom is -0.358 e. The molecule has 0 aliphatic heterocycles. The van der Waals surface area contributed by atoms with Gasteiger partial charge in [0.25, 0.3) is 0 Å². The quantitative estimate of drug-likeness (QED) is 0.733. The Balaban J connectivity index is 1.99. The zero-order chi connectivity index (χ0) is 13.6. The van der Waals surface area contributed by atoms with Gasteiger partial charge in [0.15, 0.2) is 5.60 Å². The smallest absolute Gasteiger partial charge is 0.151 e. The van der Waals surface area contributed by atoms with Crippen molar-refractivity contribution in [2.24, 2.45) is 0 Å². The molecule has 1 nitrogen and oxygen atoms in total. The van der Waals surface area contributed by atoms with Gasteiger partial charge >= 0.3 is 0 Å². The molecule has 0 N–H and O–H groups in total. The Morgan fingerprint density at radius 1 is 1.00 bits per heavy atom. The number of ether oxygens (including phenoxy) is 1. The van der Waals surface area contributed by atoms with E-state index < -0.39 is 5.60 Å². The van der Waals surface area contributed by atoms with Crippen LogP contribution in [0.15, 0.2) is 60.7 Å². The van der Waals surface area contributed by atoms with E-state index in [1.165, 1.54) is 5.56 Å². The van der Waals surface area contributed by atoms with Crippen LogP contribution < -0.4 is 0 Å². The molecule has 0 radical (unpaired) electrons. The monoisotopic (exact) mass is 250 g/mol. The first-order chi connectivity index (χ1) is 9.24. The third kappa shape index (κ3) is 3.47. The van der Waals surface area contributed by atoms with Gasteiger partial charge in [0.05, 0.1) is 6.61 Å². The van der Waals surface area contributed by atoms with E-state index >= 15 is 0 Å². The van der Waals surface area contributed by atoms with Crippen LogP contribution in [0.3, 0.4) is 0 Å². The van der Waals surface area contributed by atoms with Gasteiger partial charge in [0, 0.05) is 0 Å². The Morgan fingerprint density at radius 3 is 2.16 bits per heavy atom. The lowest BCUT2D eigenvalue weighted by Gasteiger charge is -2.24. The number of terminal acetylenes is 1. The van der Waals surface area contributed by atoms with Gasteiger partial charge in [-0.1, -0.05) is 66.6 Å². The summed E-state index contributed by atoms with van der Waals surface area (Å²) < 4.78 is 5.93. The van der Waals surface area contributed by atoms with E-state index in [0.29, 0.717) is 6.61 Å². The summed E-state index contributed by atoms with van der Waals surface area (Å²) in [6, 6.07) is 20.2. The van der Waals surface area contributed by atoms with Crippen molar-refractivity contribution in [3.8, 4) is 12.3 Å². The first-order valence-corrected chi connectivity index (χ1v) is 6.46. The summed E-state index contributed by atoms with van der Waals surface area (Å²) in [7, 11) is 0. The topological polar surface area (TPSA) is 9.23 Å². The lowest BCUT2D eigenvalue weighted by atomic mass is 9.97. The van der Waals surface area contributed by atoms with E-state index in [0.717, 1.165) is 12.0 Å². The summed E-state index contributed by atoms with van der Waals surface area (Å²) in [4.78, 5) is 0. The van der Waals surface area contributed by atoms with Crippen molar-refractivity contribution in [3.63, 3.8) is 0 Å². The molecule has 0 fully saturated rings. The fraction of sp³-hybridized carbons (Fsp3) is 0.222. The normalized spacial score (nSPS) is 13.5. The third-order valence-corrected chi connectivity index (χ3v) is 3.22. The third-order valence-electron chi connectivity index (χ3n) is 3.22. The molecule has 2 aromatic rings. The van der Waals surface area contributed by atoms with E-state index in [1.54, 1.807) is 0 Å². The molecule has 0 amide bonds. The molecule has 0 bridgehead atoms. The molecule has 2 aromatic carbocycles. The van der Waals surface area contributed by atoms with Crippen LogP contribution in [0, 0.1) is 12.3 Å². The predicted octanol–water partition coefficient (Wildman–Crippen LogP) is 3.79. The van der Waals surface area contributed by atoms with Gasteiger partial charge in [-0.15, -0.1) is 6.42 Å². The Morgan fingerprint density at radius 2 is 1.58 bits per heavy atom. The standard InChI is InChI=1S/C18H18O/c1-3-18(2,17-12-8-5-9-13-17)19-15-14-16-10-6-4-7-11-16/h1,4-13H,14-15H2,2H3. The van der Waals surface area contributed by atoms with Crippen molar-refractivity contribution >= 4 is 0 Å². The molecule has 0 aromatic heterocycles. The van der Waals surface area contributed by atoms with Gasteiger partial charge in [0.2, 0.25) is 0 Å². The lowest BCUT2D eigenvalue weighted by molar-refractivity contribution is 0.0118. The van der Waals surface area contributed by atoms with Gasteiger partial charge in [-0.2, -0.15) is 0 Å². The summed E-state index contributed by atoms with van der Waals surface area (Å²) in [5.41, 5.74) is 1.62. The Hall–Kier alpha value is -2.04. The van der Waals surface area contributed by atoms with E-state index in [2.05, 4.69) is 18.1 Å². The van der Waals surface area contributed by atoms with Crippen molar-refractivity contribution < 1.29 is 4.74 Å². The highest BCUT2D eigenvalue weighted by Gasteiger charge is 2.24. The highest BCUT2D eigenvalue weighted by molar-refractivity contribution is 5.29. The van der Waals surface area contributed by atoms with Crippen LogP contribution in [0.1, 0.15) is 18.1 Å². The van der Waals surface area contributed by atoms with Gasteiger partial charge in [-0.25, -0.2) is 0 Å². The summed E-state index contributed by atoms with van der Waals surface area (Å²) in [5.74, 6) is 2.76. The lowest BCUT2D eigenvalue weighted by Crippen LogP contribution is -2.25. The van der Waals surface area contributed by atoms with Crippen LogP contribution in [0.25, 0.3) is 0 Å². The van der Waals surface area contributed by atoms with Crippen LogP contribution in [-0.4, -0.2) is 6.61 Å². The molecule has 0 heterocycles. The first-order valence-electron chi connectivity index (χ1n) is 6.46.